The van der Waals surface area contributed by atoms with Gasteiger partial charge in [-0.3, -0.25) is 9.36 Å². The fourth-order valence-corrected chi connectivity index (χ4v) is 4.36. The average molecular weight is 381 g/mol. The third-order valence-corrected chi connectivity index (χ3v) is 6.21. The van der Waals surface area contributed by atoms with Crippen LogP contribution in [0.1, 0.15) is 16.9 Å². The molecule has 3 aromatic carbocycles. The Morgan fingerprint density at radius 2 is 1.41 bits per heavy atom. The number of hydrogen-bond acceptors (Lipinski definition) is 4. The topological polar surface area (TPSA) is 75.6 Å². The van der Waals surface area contributed by atoms with Gasteiger partial charge in [0, 0.05) is 5.30 Å². The van der Waals surface area contributed by atoms with Gasteiger partial charge in [-0.2, -0.15) is 0 Å². The predicted octanol–water partition coefficient (Wildman–Crippen LogP) is 3.57. The monoisotopic (exact) mass is 381 g/mol. The molecule has 1 unspecified atom stereocenters. The summed E-state index contributed by atoms with van der Waals surface area (Å²) in [6.45, 7) is 0. The van der Waals surface area contributed by atoms with E-state index in [0.29, 0.717) is 5.56 Å². The average Bonchev–Trinajstić information content (AvgIpc) is 2.70. The maximum absolute atomic E-state index is 13.2. The van der Waals surface area contributed by atoms with Crippen LogP contribution in [0, 0.1) is 0 Å². The highest BCUT2D eigenvalue weighted by Gasteiger charge is 2.35. The van der Waals surface area contributed by atoms with Gasteiger partial charge in [-0.25, -0.2) is 0 Å². The Morgan fingerprint density at radius 3 is 2.00 bits per heavy atom. The molecule has 0 saturated carbocycles. The van der Waals surface area contributed by atoms with Crippen molar-refractivity contribution < 1.29 is 19.1 Å². The molecule has 0 amide bonds. The minimum absolute atomic E-state index is 0.0659. The minimum Gasteiger partial charge on any atom is -0.369 e. The Balaban J connectivity index is 1.79. The lowest BCUT2D eigenvalue weighted by atomic mass is 10.2. The van der Waals surface area contributed by atoms with Crippen molar-refractivity contribution in [2.24, 2.45) is 0 Å². The lowest BCUT2D eigenvalue weighted by Gasteiger charge is -2.24. The molecule has 0 aliphatic rings. The molecule has 138 valence electrons. The van der Waals surface area contributed by atoms with Gasteiger partial charge < -0.3 is 9.73 Å². The maximum atomic E-state index is 13.2. The zero-order chi connectivity index (χ0) is 19.1. The van der Waals surface area contributed by atoms with Crippen LogP contribution in [0.3, 0.4) is 0 Å². The third kappa shape index (κ3) is 4.92. The van der Waals surface area contributed by atoms with E-state index in [2.05, 4.69) is 5.48 Å². The molecule has 0 radical (unpaired) electrons. The second-order valence-corrected chi connectivity index (χ2v) is 8.30. The molecule has 0 aromatic heterocycles. The van der Waals surface area contributed by atoms with Crippen molar-refractivity contribution >= 4 is 18.6 Å². The Kier molecular flexibility index (Phi) is 6.20. The highest BCUT2D eigenvalue weighted by molar-refractivity contribution is 7.66. The molecule has 0 heterocycles. The van der Waals surface area contributed by atoms with Crippen LogP contribution in [-0.2, 0) is 20.6 Å². The van der Waals surface area contributed by atoms with Crippen molar-refractivity contribution in [2.75, 3.05) is 0 Å². The van der Waals surface area contributed by atoms with Crippen LogP contribution in [0.4, 0.5) is 0 Å². The number of hydrogen-bond donors (Lipinski definition) is 2. The molecule has 2 N–H and O–H groups in total. The van der Waals surface area contributed by atoms with Crippen molar-refractivity contribution in [3.05, 3.63) is 102 Å². The summed E-state index contributed by atoms with van der Waals surface area (Å²) in [5.74, 6) is -1.60. The zero-order valence-corrected chi connectivity index (χ0v) is 15.5. The smallest absolute Gasteiger partial charge is 0.329 e. The molecule has 5 nitrogen and oxygen atoms in total. The summed E-state index contributed by atoms with van der Waals surface area (Å²) in [5, 5.41) is 0.283. The Morgan fingerprint density at radius 1 is 0.889 bits per heavy atom. The summed E-state index contributed by atoms with van der Waals surface area (Å²) in [6.07, 6.45) is 0.0659. The second kappa shape index (κ2) is 8.78. The maximum Gasteiger partial charge on any atom is 0.329 e. The first-order valence-electron chi connectivity index (χ1n) is 8.49. The third-order valence-electron chi connectivity index (χ3n) is 4.07. The van der Waals surface area contributed by atoms with Crippen molar-refractivity contribution in [1.82, 2.24) is 5.48 Å². The molecule has 27 heavy (non-hydrogen) atoms. The number of rotatable bonds is 7. The summed E-state index contributed by atoms with van der Waals surface area (Å²) in [5.41, 5.74) is 3.89. The molecular formula is C21H20NO4P. The molecule has 0 fully saturated rings. The lowest BCUT2D eigenvalue weighted by Crippen LogP contribution is -2.28. The first-order chi connectivity index (χ1) is 13.1. The molecule has 6 heteroatoms. The van der Waals surface area contributed by atoms with Crippen LogP contribution in [-0.4, -0.2) is 10.9 Å². The van der Waals surface area contributed by atoms with Gasteiger partial charge in [-0.15, -0.1) is 5.48 Å². The fourth-order valence-electron chi connectivity index (χ4n) is 2.69. The van der Waals surface area contributed by atoms with Crippen molar-refractivity contribution in [3.8, 4) is 0 Å². The molecular weight excluding hydrogens is 361 g/mol. The predicted molar refractivity (Wildman–Crippen MR) is 104 cm³/mol. The van der Waals surface area contributed by atoms with Crippen LogP contribution in [0.2, 0.25) is 0 Å². The number of carbonyl (C=O) groups excluding carboxylic acids is 1. The van der Waals surface area contributed by atoms with E-state index in [1.807, 2.05) is 36.4 Å². The number of nitrogens with one attached hydrogen (secondary N) is 1. The number of hydroxylamine groups is 1. The van der Waals surface area contributed by atoms with Crippen LogP contribution in [0.15, 0.2) is 91.0 Å². The van der Waals surface area contributed by atoms with Gasteiger partial charge in [-0.1, -0.05) is 78.9 Å². The quantitative estimate of drug-likeness (QED) is 0.483. The summed E-state index contributed by atoms with van der Waals surface area (Å²) < 4.78 is 13.2. The van der Waals surface area contributed by atoms with E-state index in [1.165, 1.54) is 0 Å². The van der Waals surface area contributed by atoms with Crippen molar-refractivity contribution in [2.45, 2.75) is 12.2 Å². The lowest BCUT2D eigenvalue weighted by molar-refractivity contribution is -0.151. The summed E-state index contributed by atoms with van der Waals surface area (Å²) in [6, 6.07) is 26.3. The standard InChI is InChI=1S/C21H20NO4P/c23-20(16-17-10-4-1-5-11-17)26-22-21(18-12-6-2-7-13-18)27(24,25)19-14-8-3-9-15-19/h1-15,21-22H,16H2,(H,24,25)/t21-/m0/s1. The van der Waals surface area contributed by atoms with E-state index in [0.717, 1.165) is 5.56 Å². The van der Waals surface area contributed by atoms with E-state index in [-0.39, 0.29) is 11.7 Å². The van der Waals surface area contributed by atoms with E-state index in [9.17, 15) is 14.3 Å². The van der Waals surface area contributed by atoms with E-state index in [4.69, 9.17) is 4.84 Å². The van der Waals surface area contributed by atoms with Gasteiger partial charge in [0.15, 0.2) is 0 Å². The fraction of sp³-hybridized carbons (Fsp3) is 0.0952. The van der Waals surface area contributed by atoms with Crippen molar-refractivity contribution in [3.63, 3.8) is 0 Å². The summed E-state index contributed by atoms with van der Waals surface area (Å²) in [4.78, 5) is 28.1. The van der Waals surface area contributed by atoms with Crippen LogP contribution in [0.25, 0.3) is 0 Å². The molecule has 0 spiro atoms. The highest BCUT2D eigenvalue weighted by Crippen LogP contribution is 2.52. The van der Waals surface area contributed by atoms with Gasteiger partial charge in [-0.05, 0) is 23.3 Å². The summed E-state index contributed by atoms with van der Waals surface area (Å²) in [7, 11) is -3.90. The first-order valence-corrected chi connectivity index (χ1v) is 10.2. The molecule has 2 atom stereocenters. The van der Waals surface area contributed by atoms with E-state index < -0.39 is 19.1 Å². The van der Waals surface area contributed by atoms with Gasteiger partial charge in [0.05, 0.1) is 6.42 Å². The molecule has 0 saturated heterocycles. The molecule has 0 bridgehead atoms. The highest BCUT2D eigenvalue weighted by atomic mass is 31.2. The second-order valence-electron chi connectivity index (χ2n) is 6.03. The van der Waals surface area contributed by atoms with Crippen LogP contribution < -0.4 is 10.8 Å². The number of carbonyl (C=O) groups is 1. The van der Waals surface area contributed by atoms with Gasteiger partial charge in [0.1, 0.15) is 5.78 Å². The largest absolute Gasteiger partial charge is 0.369 e. The summed E-state index contributed by atoms with van der Waals surface area (Å²) >= 11 is 0. The van der Waals surface area contributed by atoms with Gasteiger partial charge >= 0.3 is 5.97 Å². The zero-order valence-electron chi connectivity index (χ0n) is 14.6. The first kappa shape index (κ1) is 19.1. The van der Waals surface area contributed by atoms with Gasteiger partial charge in [0.2, 0.25) is 0 Å². The van der Waals surface area contributed by atoms with Crippen LogP contribution in [0.5, 0.6) is 0 Å². The molecule has 0 aliphatic carbocycles. The SMILES string of the molecule is O=C(Cc1ccccc1)ON[C@H](c1ccccc1)P(=O)(O)c1ccccc1. The Hall–Kier alpha value is -2.72. The normalized spacial score (nSPS) is 14.1. The van der Waals surface area contributed by atoms with Gasteiger partial charge in [0.25, 0.3) is 7.37 Å². The van der Waals surface area contributed by atoms with E-state index >= 15 is 0 Å². The number of benzene rings is 3. The van der Waals surface area contributed by atoms with Crippen molar-refractivity contribution in [1.29, 1.82) is 0 Å². The van der Waals surface area contributed by atoms with Crippen LogP contribution >= 0.6 is 7.37 Å². The minimum atomic E-state index is -3.90. The molecule has 0 aliphatic heterocycles. The molecule has 3 aromatic rings. The Labute approximate surface area is 158 Å². The molecule has 3 rings (SSSR count). The van der Waals surface area contributed by atoms with E-state index in [1.54, 1.807) is 54.6 Å². The Bertz CT molecular complexity index is 917.